The number of anilines is 1. The van der Waals surface area contributed by atoms with Crippen LogP contribution in [-0.2, 0) is 0 Å². The van der Waals surface area contributed by atoms with Crippen LogP contribution in [0.25, 0.3) is 10.9 Å². The summed E-state index contributed by atoms with van der Waals surface area (Å²) in [5, 5.41) is 9.54. The van der Waals surface area contributed by atoms with Crippen LogP contribution in [0.4, 0.5) is 5.69 Å². The van der Waals surface area contributed by atoms with Gasteiger partial charge in [0.05, 0.1) is 18.3 Å². The van der Waals surface area contributed by atoms with E-state index in [2.05, 4.69) is 21.8 Å². The molecule has 1 fully saturated rings. The first-order chi connectivity index (χ1) is 10.6. The summed E-state index contributed by atoms with van der Waals surface area (Å²) >= 11 is 0. The number of ether oxygens (including phenoxy) is 1. The number of nitriles is 1. The minimum atomic E-state index is -0.173. The maximum absolute atomic E-state index is 12.1. The van der Waals surface area contributed by atoms with E-state index < -0.39 is 0 Å². The lowest BCUT2D eigenvalue weighted by Gasteiger charge is -2.34. The first-order valence-corrected chi connectivity index (χ1v) is 7.21. The number of hydrogen-bond donors (Lipinski definition) is 1. The van der Waals surface area contributed by atoms with Gasteiger partial charge in [-0.25, -0.2) is 0 Å². The molecule has 0 unspecified atom stereocenters. The number of rotatable bonds is 2. The molecule has 1 aromatic heterocycles. The number of aromatic amines is 1. The Labute approximate surface area is 128 Å². The topological polar surface area (TPSA) is 72.4 Å². The molecule has 0 aliphatic carbocycles. The fourth-order valence-corrected chi connectivity index (χ4v) is 2.78. The largest absolute Gasteiger partial charge is 0.495 e. The number of aromatic nitrogens is 1. The van der Waals surface area contributed by atoms with E-state index in [-0.39, 0.29) is 11.1 Å². The lowest BCUT2D eigenvalue weighted by molar-refractivity contribution is 0.311. The van der Waals surface area contributed by atoms with Crippen LogP contribution in [0.3, 0.4) is 0 Å². The monoisotopic (exact) mass is 298 g/mol. The first kappa shape index (κ1) is 14.4. The van der Waals surface area contributed by atoms with Gasteiger partial charge in [-0.2, -0.15) is 5.26 Å². The zero-order valence-electron chi connectivity index (χ0n) is 12.7. The first-order valence-electron chi connectivity index (χ1n) is 7.21. The third-order valence-electron chi connectivity index (χ3n) is 4.09. The fourth-order valence-electron chi connectivity index (χ4n) is 2.78. The smallest absolute Gasteiger partial charge is 0.190 e. The van der Waals surface area contributed by atoms with E-state index >= 15 is 0 Å². The second kappa shape index (κ2) is 5.70. The van der Waals surface area contributed by atoms with E-state index in [0.717, 1.165) is 31.9 Å². The summed E-state index contributed by atoms with van der Waals surface area (Å²) in [6.07, 6.45) is 0. The molecule has 0 radical (unpaired) electrons. The van der Waals surface area contributed by atoms with Crippen LogP contribution < -0.4 is 15.1 Å². The van der Waals surface area contributed by atoms with E-state index in [1.165, 1.54) is 6.07 Å². The zero-order valence-corrected chi connectivity index (χ0v) is 12.7. The average molecular weight is 298 g/mol. The highest BCUT2D eigenvalue weighted by atomic mass is 16.5. The Morgan fingerprint density at radius 1 is 1.23 bits per heavy atom. The minimum absolute atomic E-state index is 0.173. The Kier molecular flexibility index (Phi) is 3.73. The van der Waals surface area contributed by atoms with Gasteiger partial charge in [-0.1, -0.05) is 0 Å². The summed E-state index contributed by atoms with van der Waals surface area (Å²) in [5.74, 6) is 0.687. The van der Waals surface area contributed by atoms with Gasteiger partial charge in [-0.15, -0.1) is 0 Å². The van der Waals surface area contributed by atoms with Gasteiger partial charge in [0.1, 0.15) is 17.5 Å². The number of fused-ring (bicyclic) bond motifs is 1. The Hall–Kier alpha value is -2.52. The van der Waals surface area contributed by atoms with Gasteiger partial charge >= 0.3 is 0 Å². The van der Waals surface area contributed by atoms with E-state index in [1.807, 2.05) is 12.1 Å². The second-order valence-electron chi connectivity index (χ2n) is 5.52. The molecule has 2 heterocycles. The van der Waals surface area contributed by atoms with Crippen molar-refractivity contribution in [2.75, 3.05) is 45.2 Å². The normalized spacial score (nSPS) is 15.8. The molecule has 2 aromatic rings. The number of H-pyrrole nitrogens is 1. The molecule has 0 spiro atoms. The van der Waals surface area contributed by atoms with E-state index in [4.69, 9.17) is 10.00 Å². The van der Waals surface area contributed by atoms with Crippen molar-refractivity contribution in [3.8, 4) is 11.8 Å². The number of methoxy groups -OCH3 is 1. The van der Waals surface area contributed by atoms with Crippen LogP contribution in [0.5, 0.6) is 5.75 Å². The van der Waals surface area contributed by atoms with Gasteiger partial charge in [-0.3, -0.25) is 4.79 Å². The molecule has 1 aromatic carbocycles. The van der Waals surface area contributed by atoms with E-state index in [1.54, 1.807) is 13.2 Å². The minimum Gasteiger partial charge on any atom is -0.495 e. The number of piperazine rings is 1. The maximum Gasteiger partial charge on any atom is 0.190 e. The van der Waals surface area contributed by atoms with Crippen molar-refractivity contribution in [1.29, 1.82) is 5.26 Å². The molecule has 1 saturated heterocycles. The molecule has 1 aliphatic heterocycles. The number of nitrogens with zero attached hydrogens (tertiary/aromatic N) is 3. The summed E-state index contributed by atoms with van der Waals surface area (Å²) in [7, 11) is 3.71. The van der Waals surface area contributed by atoms with Crippen LogP contribution >= 0.6 is 0 Å². The van der Waals surface area contributed by atoms with E-state index in [9.17, 15) is 4.79 Å². The van der Waals surface area contributed by atoms with Crippen molar-refractivity contribution >= 4 is 16.6 Å². The Morgan fingerprint density at radius 3 is 2.59 bits per heavy atom. The summed E-state index contributed by atoms with van der Waals surface area (Å²) < 4.78 is 5.47. The second-order valence-corrected chi connectivity index (χ2v) is 5.52. The molecule has 3 rings (SSSR count). The van der Waals surface area contributed by atoms with Gasteiger partial charge < -0.3 is 19.5 Å². The lowest BCUT2D eigenvalue weighted by atomic mass is 10.1. The molecule has 22 heavy (non-hydrogen) atoms. The summed E-state index contributed by atoms with van der Waals surface area (Å²) in [5.41, 5.74) is 1.72. The number of benzene rings is 1. The van der Waals surface area contributed by atoms with Gasteiger partial charge in [0, 0.05) is 37.6 Å². The molecular formula is C16H18N4O2. The molecular weight excluding hydrogens is 280 g/mol. The van der Waals surface area contributed by atoms with Crippen LogP contribution in [-0.4, -0.2) is 50.2 Å². The van der Waals surface area contributed by atoms with E-state index in [0.29, 0.717) is 16.7 Å². The van der Waals surface area contributed by atoms with Gasteiger partial charge in [0.25, 0.3) is 0 Å². The number of nitrogens with one attached hydrogen (secondary N) is 1. The molecule has 1 N–H and O–H groups in total. The van der Waals surface area contributed by atoms with Crippen molar-refractivity contribution in [2.45, 2.75) is 0 Å². The third kappa shape index (κ3) is 2.51. The highest BCUT2D eigenvalue weighted by molar-refractivity contribution is 5.86. The summed E-state index contributed by atoms with van der Waals surface area (Å²) in [4.78, 5) is 19.6. The van der Waals surface area contributed by atoms with Crippen LogP contribution in [0.1, 0.15) is 5.69 Å². The molecule has 0 amide bonds. The summed E-state index contributed by atoms with van der Waals surface area (Å²) in [6, 6.07) is 6.96. The van der Waals surface area contributed by atoms with Crippen LogP contribution in [0.2, 0.25) is 0 Å². The van der Waals surface area contributed by atoms with Crippen molar-refractivity contribution in [1.82, 2.24) is 9.88 Å². The predicted molar refractivity (Wildman–Crippen MR) is 85.5 cm³/mol. The van der Waals surface area contributed by atoms with Gasteiger partial charge in [0.2, 0.25) is 0 Å². The average Bonchev–Trinajstić information content (AvgIpc) is 2.54. The van der Waals surface area contributed by atoms with Crippen molar-refractivity contribution in [2.24, 2.45) is 0 Å². The quantitative estimate of drug-likeness (QED) is 0.901. The molecule has 0 atom stereocenters. The zero-order chi connectivity index (χ0) is 15.7. The van der Waals surface area contributed by atoms with Gasteiger partial charge in [-0.05, 0) is 19.2 Å². The SMILES string of the molecule is COc1cc2c(=O)cc(C#N)[nH]c2cc1N1CCN(C)CC1. The van der Waals surface area contributed by atoms with Crippen molar-refractivity contribution in [3.63, 3.8) is 0 Å². The lowest BCUT2D eigenvalue weighted by Crippen LogP contribution is -2.44. The highest BCUT2D eigenvalue weighted by Gasteiger charge is 2.19. The van der Waals surface area contributed by atoms with Gasteiger partial charge in [0.15, 0.2) is 5.43 Å². The molecule has 6 nitrogen and oxygen atoms in total. The van der Waals surface area contributed by atoms with Crippen LogP contribution in [0, 0.1) is 11.3 Å². The Morgan fingerprint density at radius 2 is 1.95 bits per heavy atom. The Balaban J connectivity index is 2.13. The standard InChI is InChI=1S/C16H18N4O2/c1-19-3-5-20(6-4-19)14-9-13-12(8-16(14)22-2)15(21)7-11(10-17)18-13/h7-9H,3-6H2,1-2H3,(H,18,21). The maximum atomic E-state index is 12.1. The number of likely N-dealkylation sites (N-methyl/N-ethyl adjacent to an activating group) is 1. The molecule has 0 bridgehead atoms. The summed E-state index contributed by atoms with van der Waals surface area (Å²) in [6.45, 7) is 3.77. The molecule has 114 valence electrons. The third-order valence-corrected chi connectivity index (χ3v) is 4.09. The van der Waals surface area contributed by atoms with Crippen LogP contribution in [0.15, 0.2) is 23.0 Å². The molecule has 0 saturated carbocycles. The fraction of sp³-hybridized carbons (Fsp3) is 0.375. The predicted octanol–water partition coefficient (Wildman–Crippen LogP) is 1.16. The van der Waals surface area contributed by atoms with Crippen molar-refractivity contribution in [3.05, 3.63) is 34.1 Å². The molecule has 1 aliphatic rings. The molecule has 6 heteroatoms. The Bertz CT molecular complexity index is 798. The number of pyridine rings is 1. The number of hydrogen-bond acceptors (Lipinski definition) is 5. The van der Waals surface area contributed by atoms with Crippen molar-refractivity contribution < 1.29 is 4.74 Å². The highest BCUT2D eigenvalue weighted by Crippen LogP contribution is 2.32.